The fraction of sp³-hybridized carbons (Fsp3) is 0.417. The van der Waals surface area contributed by atoms with Crippen LogP contribution in [-0.4, -0.2) is 24.3 Å². The highest BCUT2D eigenvalue weighted by atomic mass is 19.1. The topological polar surface area (TPSA) is 20.3 Å². The molecule has 0 radical (unpaired) electrons. The molecule has 3 heteroatoms. The van der Waals surface area contributed by atoms with Crippen molar-refractivity contribution in [3.05, 3.63) is 35.1 Å². The molecule has 0 aromatic heterocycles. The predicted octanol–water partition coefficient (Wildman–Crippen LogP) is 2.23. The van der Waals surface area contributed by atoms with E-state index in [1.807, 2.05) is 0 Å². The number of rotatable bonds is 3. The number of hydrogen-bond donors (Lipinski definition) is 0. The van der Waals surface area contributed by atoms with Crippen molar-refractivity contribution in [2.24, 2.45) is 0 Å². The van der Waals surface area contributed by atoms with Crippen molar-refractivity contribution in [3.63, 3.8) is 0 Å². The summed E-state index contributed by atoms with van der Waals surface area (Å²) in [5, 5.41) is 0. The van der Waals surface area contributed by atoms with Crippen LogP contribution < -0.4 is 0 Å². The summed E-state index contributed by atoms with van der Waals surface area (Å²) in [5.74, 6) is -0.269. The second-order valence-electron chi connectivity index (χ2n) is 3.94. The maximum atomic E-state index is 13.0. The Morgan fingerprint density at radius 3 is 2.73 bits per heavy atom. The van der Waals surface area contributed by atoms with E-state index in [2.05, 4.69) is 4.90 Å². The zero-order chi connectivity index (χ0) is 10.7. The van der Waals surface area contributed by atoms with Gasteiger partial charge in [0.2, 0.25) is 0 Å². The number of carbonyl (C=O) groups is 1. The summed E-state index contributed by atoms with van der Waals surface area (Å²) in [6, 6.07) is 4.34. The molecule has 1 heterocycles. The number of halogens is 1. The minimum absolute atomic E-state index is 0.269. The second kappa shape index (κ2) is 4.53. The Labute approximate surface area is 88.7 Å². The van der Waals surface area contributed by atoms with Crippen molar-refractivity contribution in [3.8, 4) is 0 Å². The standard InChI is InChI=1S/C12H14FNO/c13-12-4-3-10(9-15)11(7-12)8-14-5-1-2-6-14/h3-4,7,9H,1-2,5-6,8H2. The molecule has 0 amide bonds. The second-order valence-corrected chi connectivity index (χ2v) is 3.94. The van der Waals surface area contributed by atoms with Gasteiger partial charge >= 0.3 is 0 Å². The highest BCUT2D eigenvalue weighted by Gasteiger charge is 2.13. The Morgan fingerprint density at radius 2 is 2.07 bits per heavy atom. The Balaban J connectivity index is 2.17. The lowest BCUT2D eigenvalue weighted by Crippen LogP contribution is -2.19. The summed E-state index contributed by atoms with van der Waals surface area (Å²) in [5.41, 5.74) is 1.40. The maximum Gasteiger partial charge on any atom is 0.150 e. The number of aldehydes is 1. The summed E-state index contributed by atoms with van der Waals surface area (Å²) in [7, 11) is 0. The van der Waals surface area contributed by atoms with Crippen molar-refractivity contribution < 1.29 is 9.18 Å². The molecule has 1 aromatic rings. The Hall–Kier alpha value is -1.22. The van der Waals surface area contributed by atoms with E-state index in [0.717, 1.165) is 24.9 Å². The van der Waals surface area contributed by atoms with E-state index in [9.17, 15) is 9.18 Å². The van der Waals surface area contributed by atoms with Gasteiger partial charge in [0, 0.05) is 12.1 Å². The Morgan fingerprint density at radius 1 is 1.33 bits per heavy atom. The normalized spacial score (nSPS) is 16.9. The quantitative estimate of drug-likeness (QED) is 0.708. The van der Waals surface area contributed by atoms with Crippen molar-refractivity contribution in [2.75, 3.05) is 13.1 Å². The Kier molecular flexibility index (Phi) is 3.11. The van der Waals surface area contributed by atoms with Crippen LogP contribution in [0.25, 0.3) is 0 Å². The third-order valence-electron chi connectivity index (χ3n) is 2.82. The van der Waals surface area contributed by atoms with Crippen LogP contribution in [0.1, 0.15) is 28.8 Å². The maximum absolute atomic E-state index is 13.0. The van der Waals surface area contributed by atoms with Gasteiger partial charge in [-0.15, -0.1) is 0 Å². The van der Waals surface area contributed by atoms with Gasteiger partial charge in [0.25, 0.3) is 0 Å². The van der Waals surface area contributed by atoms with Crippen molar-refractivity contribution >= 4 is 6.29 Å². The molecule has 0 bridgehead atoms. The van der Waals surface area contributed by atoms with Crippen molar-refractivity contribution in [1.29, 1.82) is 0 Å². The average Bonchev–Trinajstić information content (AvgIpc) is 2.71. The first kappa shape index (κ1) is 10.3. The lowest BCUT2D eigenvalue weighted by molar-refractivity contribution is 0.112. The van der Waals surface area contributed by atoms with E-state index in [0.29, 0.717) is 12.1 Å². The molecule has 15 heavy (non-hydrogen) atoms. The first-order valence-corrected chi connectivity index (χ1v) is 5.25. The molecule has 1 saturated heterocycles. The Bertz CT molecular complexity index is 359. The van der Waals surface area contributed by atoms with Crippen LogP contribution >= 0.6 is 0 Å². The fourth-order valence-corrected chi connectivity index (χ4v) is 2.01. The highest BCUT2D eigenvalue weighted by Crippen LogP contribution is 2.16. The molecule has 1 fully saturated rings. The van der Waals surface area contributed by atoms with Gasteiger partial charge in [-0.05, 0) is 49.7 Å². The molecular formula is C12H14FNO. The van der Waals surface area contributed by atoms with Crippen LogP contribution in [-0.2, 0) is 6.54 Å². The lowest BCUT2D eigenvalue weighted by atomic mass is 10.1. The van der Waals surface area contributed by atoms with Gasteiger partial charge in [-0.2, -0.15) is 0 Å². The number of likely N-dealkylation sites (tertiary alicyclic amines) is 1. The smallest absolute Gasteiger partial charge is 0.150 e. The van der Waals surface area contributed by atoms with Crippen molar-refractivity contribution in [2.45, 2.75) is 19.4 Å². The molecule has 0 N–H and O–H groups in total. The summed E-state index contributed by atoms with van der Waals surface area (Å²) in [4.78, 5) is 13.0. The molecule has 1 aliphatic rings. The first-order chi connectivity index (χ1) is 7.29. The van der Waals surface area contributed by atoms with Gasteiger partial charge < -0.3 is 0 Å². The third-order valence-corrected chi connectivity index (χ3v) is 2.82. The summed E-state index contributed by atoms with van der Waals surface area (Å²) >= 11 is 0. The molecule has 0 aliphatic carbocycles. The first-order valence-electron chi connectivity index (χ1n) is 5.25. The van der Waals surface area contributed by atoms with Gasteiger partial charge in [-0.25, -0.2) is 4.39 Å². The van der Waals surface area contributed by atoms with Gasteiger partial charge in [-0.1, -0.05) is 0 Å². The zero-order valence-electron chi connectivity index (χ0n) is 8.58. The molecule has 1 aliphatic heterocycles. The van der Waals surface area contributed by atoms with E-state index in [4.69, 9.17) is 0 Å². The zero-order valence-corrected chi connectivity index (χ0v) is 8.58. The van der Waals surface area contributed by atoms with Crippen LogP contribution in [0, 0.1) is 5.82 Å². The van der Waals surface area contributed by atoms with Gasteiger partial charge in [0.1, 0.15) is 12.1 Å². The van der Waals surface area contributed by atoms with Gasteiger partial charge in [-0.3, -0.25) is 9.69 Å². The van der Waals surface area contributed by atoms with Crippen LogP contribution in [0.15, 0.2) is 18.2 Å². The summed E-state index contributed by atoms with van der Waals surface area (Å²) in [6.07, 6.45) is 3.20. The number of carbonyl (C=O) groups excluding carboxylic acids is 1. The molecular weight excluding hydrogens is 193 g/mol. The number of hydrogen-bond acceptors (Lipinski definition) is 2. The summed E-state index contributed by atoms with van der Waals surface area (Å²) < 4.78 is 13.0. The van der Waals surface area contributed by atoms with Crippen LogP contribution in [0.2, 0.25) is 0 Å². The van der Waals surface area contributed by atoms with Gasteiger partial charge in [0.05, 0.1) is 0 Å². The monoisotopic (exact) mass is 207 g/mol. The predicted molar refractivity (Wildman–Crippen MR) is 56.3 cm³/mol. The molecule has 0 atom stereocenters. The molecule has 0 spiro atoms. The minimum atomic E-state index is -0.269. The third kappa shape index (κ3) is 2.42. The minimum Gasteiger partial charge on any atom is -0.299 e. The lowest BCUT2D eigenvalue weighted by Gasteiger charge is -2.15. The highest BCUT2D eigenvalue weighted by molar-refractivity contribution is 5.77. The van der Waals surface area contributed by atoms with E-state index in [1.54, 1.807) is 6.07 Å². The van der Waals surface area contributed by atoms with E-state index < -0.39 is 0 Å². The van der Waals surface area contributed by atoms with E-state index in [-0.39, 0.29) is 5.82 Å². The molecule has 1 aromatic carbocycles. The molecule has 80 valence electrons. The molecule has 0 unspecified atom stereocenters. The largest absolute Gasteiger partial charge is 0.299 e. The van der Waals surface area contributed by atoms with Gasteiger partial charge in [0.15, 0.2) is 0 Å². The SMILES string of the molecule is O=Cc1ccc(F)cc1CN1CCCC1. The molecule has 2 rings (SSSR count). The van der Waals surface area contributed by atoms with Crippen LogP contribution in [0.5, 0.6) is 0 Å². The van der Waals surface area contributed by atoms with Crippen LogP contribution in [0.4, 0.5) is 4.39 Å². The fourth-order valence-electron chi connectivity index (χ4n) is 2.01. The van der Waals surface area contributed by atoms with E-state index >= 15 is 0 Å². The number of benzene rings is 1. The molecule has 2 nitrogen and oxygen atoms in total. The molecule has 0 saturated carbocycles. The number of nitrogens with zero attached hydrogens (tertiary/aromatic N) is 1. The average molecular weight is 207 g/mol. The van der Waals surface area contributed by atoms with Crippen molar-refractivity contribution in [1.82, 2.24) is 4.90 Å². The van der Waals surface area contributed by atoms with E-state index in [1.165, 1.54) is 25.0 Å². The van der Waals surface area contributed by atoms with Crippen LogP contribution in [0.3, 0.4) is 0 Å². The summed E-state index contributed by atoms with van der Waals surface area (Å²) in [6.45, 7) is 2.79.